The Morgan fingerprint density at radius 3 is 2.07 bits per heavy atom. The third kappa shape index (κ3) is 6.24. The van der Waals surface area contributed by atoms with E-state index in [9.17, 15) is 14.4 Å². The average Bonchev–Trinajstić information content (AvgIpc) is 2.01. The first-order chi connectivity index (χ1) is 6.45. The van der Waals surface area contributed by atoms with Crippen LogP contribution in [0.25, 0.3) is 0 Å². The molecule has 0 saturated heterocycles. The smallest absolute Gasteiger partial charge is 0.233 e. The number of carbonyl (C=O) groups excluding carboxylic acids is 3. The van der Waals surface area contributed by atoms with Gasteiger partial charge in [-0.2, -0.15) is 0 Å². The molecule has 6 heteroatoms. The van der Waals surface area contributed by atoms with Gasteiger partial charge in [0, 0.05) is 6.42 Å². The molecule has 5 nitrogen and oxygen atoms in total. The standard InChI is InChI=1S/C8H12N2O3S/c1-3-6(12)9-8(14)10-7(13)4-5(2)11/h3-4H2,1-2H3,(H2,9,10,12,13,14). The van der Waals surface area contributed by atoms with Gasteiger partial charge in [0.15, 0.2) is 5.11 Å². The molecule has 0 saturated carbocycles. The number of thiocarbonyl (C=S) groups is 1. The summed E-state index contributed by atoms with van der Waals surface area (Å²) in [4.78, 5) is 32.3. The van der Waals surface area contributed by atoms with Crippen LogP contribution in [0, 0.1) is 0 Å². The second-order valence-corrected chi connectivity index (χ2v) is 3.07. The molecule has 0 aromatic rings. The van der Waals surface area contributed by atoms with Crippen molar-refractivity contribution < 1.29 is 14.4 Å². The number of hydrogen-bond donors (Lipinski definition) is 2. The van der Waals surface area contributed by atoms with Crippen LogP contribution >= 0.6 is 12.2 Å². The van der Waals surface area contributed by atoms with Crippen LogP contribution < -0.4 is 10.6 Å². The lowest BCUT2D eigenvalue weighted by Crippen LogP contribution is -2.42. The predicted molar refractivity (Wildman–Crippen MR) is 54.5 cm³/mol. The molecule has 0 heterocycles. The van der Waals surface area contributed by atoms with Crippen LogP contribution in [0.1, 0.15) is 26.7 Å². The van der Waals surface area contributed by atoms with Crippen molar-refractivity contribution in [2.45, 2.75) is 26.7 Å². The number of carbonyl (C=O) groups is 3. The Bertz CT molecular complexity index is 276. The zero-order valence-electron chi connectivity index (χ0n) is 8.05. The van der Waals surface area contributed by atoms with Gasteiger partial charge < -0.3 is 10.6 Å². The number of hydrogen-bond acceptors (Lipinski definition) is 4. The van der Waals surface area contributed by atoms with E-state index in [0.29, 0.717) is 0 Å². The molecule has 0 rings (SSSR count). The molecule has 0 aliphatic heterocycles. The molecule has 14 heavy (non-hydrogen) atoms. The Morgan fingerprint density at radius 2 is 1.64 bits per heavy atom. The van der Waals surface area contributed by atoms with E-state index in [1.807, 2.05) is 0 Å². The van der Waals surface area contributed by atoms with Gasteiger partial charge in [-0.25, -0.2) is 0 Å². The number of rotatable bonds is 3. The molecule has 0 aliphatic carbocycles. The number of nitrogens with one attached hydrogen (secondary N) is 2. The largest absolute Gasteiger partial charge is 0.303 e. The molecular formula is C8H12N2O3S. The van der Waals surface area contributed by atoms with Gasteiger partial charge in [0.1, 0.15) is 5.78 Å². The van der Waals surface area contributed by atoms with Crippen LogP contribution in [-0.4, -0.2) is 22.7 Å². The van der Waals surface area contributed by atoms with Gasteiger partial charge in [0.05, 0.1) is 6.42 Å². The first kappa shape index (κ1) is 12.7. The summed E-state index contributed by atoms with van der Waals surface area (Å²) < 4.78 is 0. The molecule has 0 aliphatic rings. The number of ketones is 1. The Morgan fingerprint density at radius 1 is 1.14 bits per heavy atom. The molecule has 0 spiro atoms. The highest BCUT2D eigenvalue weighted by atomic mass is 32.1. The molecule has 0 fully saturated rings. The minimum absolute atomic E-state index is 0.0666. The highest BCUT2D eigenvalue weighted by Gasteiger charge is 2.08. The van der Waals surface area contributed by atoms with E-state index >= 15 is 0 Å². The molecule has 0 aromatic carbocycles. The average molecular weight is 216 g/mol. The van der Waals surface area contributed by atoms with Crippen LogP contribution in [0.15, 0.2) is 0 Å². The summed E-state index contributed by atoms with van der Waals surface area (Å²) in [5.74, 6) is -1.05. The van der Waals surface area contributed by atoms with Crippen molar-refractivity contribution in [3.63, 3.8) is 0 Å². The summed E-state index contributed by atoms with van der Waals surface area (Å²) in [6, 6.07) is 0. The highest BCUT2D eigenvalue weighted by Crippen LogP contribution is 1.82. The van der Waals surface area contributed by atoms with Gasteiger partial charge in [-0.15, -0.1) is 0 Å². The van der Waals surface area contributed by atoms with Crippen LogP contribution in [0.2, 0.25) is 0 Å². The molecule has 2 N–H and O–H groups in total. The van der Waals surface area contributed by atoms with E-state index in [0.717, 1.165) is 0 Å². The summed E-state index contributed by atoms with van der Waals surface area (Å²) in [6.45, 7) is 2.96. The van der Waals surface area contributed by atoms with Crippen molar-refractivity contribution in [3.8, 4) is 0 Å². The lowest BCUT2D eigenvalue weighted by Gasteiger charge is -2.05. The molecule has 0 bridgehead atoms. The molecule has 0 unspecified atom stereocenters. The van der Waals surface area contributed by atoms with Crippen molar-refractivity contribution in [1.29, 1.82) is 0 Å². The predicted octanol–water partition coefficient (Wildman–Crippen LogP) is -0.107. The molecule has 2 amide bonds. The Balaban J connectivity index is 3.88. The maximum absolute atomic E-state index is 11.0. The first-order valence-corrected chi connectivity index (χ1v) is 4.49. The van der Waals surface area contributed by atoms with Gasteiger partial charge in [-0.05, 0) is 19.1 Å². The van der Waals surface area contributed by atoms with E-state index in [2.05, 4.69) is 22.9 Å². The normalized spacial score (nSPS) is 9.00. The fourth-order valence-corrected chi connectivity index (χ4v) is 0.871. The van der Waals surface area contributed by atoms with Crippen molar-refractivity contribution in [2.24, 2.45) is 0 Å². The fourth-order valence-electron chi connectivity index (χ4n) is 0.643. The van der Waals surface area contributed by atoms with E-state index in [4.69, 9.17) is 0 Å². The Labute approximate surface area is 87.2 Å². The van der Waals surface area contributed by atoms with Gasteiger partial charge in [-0.3, -0.25) is 14.4 Å². The van der Waals surface area contributed by atoms with Crippen molar-refractivity contribution in [1.82, 2.24) is 10.6 Å². The van der Waals surface area contributed by atoms with Crippen LogP contribution in [0.3, 0.4) is 0 Å². The minimum Gasteiger partial charge on any atom is -0.303 e. The third-order valence-electron chi connectivity index (χ3n) is 1.24. The van der Waals surface area contributed by atoms with Gasteiger partial charge in [-0.1, -0.05) is 6.92 Å². The zero-order valence-corrected chi connectivity index (χ0v) is 8.86. The molecule has 0 aromatic heterocycles. The van der Waals surface area contributed by atoms with E-state index in [1.165, 1.54) is 6.92 Å². The maximum Gasteiger partial charge on any atom is 0.233 e. The number of Topliss-reactive ketones (excluding diaryl/α,β-unsaturated/α-hetero) is 1. The number of amides is 2. The van der Waals surface area contributed by atoms with Crippen molar-refractivity contribution in [2.75, 3.05) is 0 Å². The molecular weight excluding hydrogens is 204 g/mol. The van der Waals surface area contributed by atoms with E-state index in [-0.39, 0.29) is 29.6 Å². The van der Waals surface area contributed by atoms with Crippen molar-refractivity contribution in [3.05, 3.63) is 0 Å². The summed E-state index contributed by atoms with van der Waals surface area (Å²) >= 11 is 4.65. The van der Waals surface area contributed by atoms with Crippen molar-refractivity contribution >= 4 is 34.9 Å². The Kier molecular flexibility index (Phi) is 5.62. The quantitative estimate of drug-likeness (QED) is 0.510. The lowest BCUT2D eigenvalue weighted by atomic mass is 10.3. The monoisotopic (exact) mass is 216 g/mol. The van der Waals surface area contributed by atoms with Crippen LogP contribution in [-0.2, 0) is 14.4 Å². The SMILES string of the molecule is CCC(=O)NC(=S)NC(=O)CC(C)=O. The molecule has 0 radical (unpaired) electrons. The molecule has 0 atom stereocenters. The topological polar surface area (TPSA) is 75.3 Å². The highest BCUT2D eigenvalue weighted by molar-refractivity contribution is 7.80. The van der Waals surface area contributed by atoms with E-state index in [1.54, 1.807) is 6.92 Å². The first-order valence-electron chi connectivity index (χ1n) is 4.08. The summed E-state index contributed by atoms with van der Waals surface area (Å²) in [6.07, 6.45) is 0.0465. The third-order valence-corrected chi connectivity index (χ3v) is 1.44. The van der Waals surface area contributed by atoms with Gasteiger partial charge in [0.25, 0.3) is 0 Å². The van der Waals surface area contributed by atoms with Crippen LogP contribution in [0.5, 0.6) is 0 Å². The summed E-state index contributed by atoms with van der Waals surface area (Å²) in [5, 5.41) is 4.43. The minimum atomic E-state index is -0.515. The summed E-state index contributed by atoms with van der Waals surface area (Å²) in [5.41, 5.74) is 0. The van der Waals surface area contributed by atoms with Gasteiger partial charge in [0.2, 0.25) is 11.8 Å². The second-order valence-electron chi connectivity index (χ2n) is 2.66. The lowest BCUT2D eigenvalue weighted by molar-refractivity contribution is -0.126. The maximum atomic E-state index is 11.0. The molecule has 78 valence electrons. The Hall–Kier alpha value is -1.30. The summed E-state index contributed by atoms with van der Waals surface area (Å²) in [7, 11) is 0. The van der Waals surface area contributed by atoms with Crippen LogP contribution in [0.4, 0.5) is 0 Å². The van der Waals surface area contributed by atoms with Gasteiger partial charge >= 0.3 is 0 Å². The second kappa shape index (κ2) is 6.20. The van der Waals surface area contributed by atoms with E-state index < -0.39 is 5.91 Å². The zero-order chi connectivity index (χ0) is 11.1. The fraction of sp³-hybridized carbons (Fsp3) is 0.500.